The normalized spacial score (nSPS) is 14.5. The van der Waals surface area contributed by atoms with Crippen LogP contribution in [0.4, 0.5) is 0 Å². The van der Waals surface area contributed by atoms with Crippen LogP contribution in [0.1, 0.15) is 24.0 Å². The predicted octanol–water partition coefficient (Wildman–Crippen LogP) is 2.15. The van der Waals surface area contributed by atoms with E-state index in [2.05, 4.69) is 23.5 Å². The molecule has 112 valence electrons. The number of hydrogen-bond donors (Lipinski definition) is 1. The summed E-state index contributed by atoms with van der Waals surface area (Å²) in [7, 11) is 3.41. The molecule has 0 saturated heterocycles. The fourth-order valence-electron chi connectivity index (χ4n) is 2.07. The van der Waals surface area contributed by atoms with Gasteiger partial charge in [-0.15, -0.1) is 0 Å². The van der Waals surface area contributed by atoms with E-state index >= 15 is 0 Å². The molecular formula is C16H25NO3. The van der Waals surface area contributed by atoms with Crippen LogP contribution in [0.15, 0.2) is 18.2 Å². The molecule has 1 fully saturated rings. The fourth-order valence-corrected chi connectivity index (χ4v) is 2.07. The molecule has 0 radical (unpaired) electrons. The third-order valence-corrected chi connectivity index (χ3v) is 3.35. The number of rotatable bonds is 10. The Hall–Kier alpha value is -1.10. The zero-order valence-electron chi connectivity index (χ0n) is 12.5. The van der Waals surface area contributed by atoms with Crippen LogP contribution in [0, 0.1) is 0 Å². The van der Waals surface area contributed by atoms with Crippen molar-refractivity contribution >= 4 is 0 Å². The lowest BCUT2D eigenvalue weighted by Crippen LogP contribution is -2.15. The highest BCUT2D eigenvalue weighted by molar-refractivity contribution is 5.35. The molecule has 1 aromatic carbocycles. The lowest BCUT2D eigenvalue weighted by Gasteiger charge is -2.12. The molecule has 4 heteroatoms. The molecule has 0 aliphatic heterocycles. The molecule has 1 saturated carbocycles. The van der Waals surface area contributed by atoms with E-state index in [1.807, 2.05) is 0 Å². The molecule has 0 atom stereocenters. The third kappa shape index (κ3) is 5.49. The lowest BCUT2D eigenvalue weighted by atomic mass is 10.1. The summed E-state index contributed by atoms with van der Waals surface area (Å²) >= 11 is 0. The van der Waals surface area contributed by atoms with E-state index in [1.54, 1.807) is 14.2 Å². The summed E-state index contributed by atoms with van der Waals surface area (Å²) in [5.41, 5.74) is 2.53. The second-order valence-electron chi connectivity index (χ2n) is 5.22. The minimum Gasteiger partial charge on any atom is -0.491 e. The van der Waals surface area contributed by atoms with Gasteiger partial charge in [0.15, 0.2) is 0 Å². The molecule has 1 aromatic rings. The summed E-state index contributed by atoms with van der Waals surface area (Å²) < 4.78 is 15.9. The van der Waals surface area contributed by atoms with E-state index in [0.29, 0.717) is 13.2 Å². The maximum absolute atomic E-state index is 5.74. The molecule has 0 aromatic heterocycles. The zero-order chi connectivity index (χ0) is 14.2. The van der Waals surface area contributed by atoms with Crippen molar-refractivity contribution in [2.24, 2.45) is 0 Å². The molecule has 1 N–H and O–H groups in total. The SMILES string of the molecule is COCCOc1cc(CCOC)cc(CNC2CC2)c1. The van der Waals surface area contributed by atoms with Crippen LogP contribution in [-0.2, 0) is 22.4 Å². The Balaban J connectivity index is 1.97. The number of ether oxygens (including phenoxy) is 3. The van der Waals surface area contributed by atoms with Crippen LogP contribution >= 0.6 is 0 Å². The van der Waals surface area contributed by atoms with Crippen molar-refractivity contribution in [2.75, 3.05) is 34.0 Å². The van der Waals surface area contributed by atoms with E-state index in [9.17, 15) is 0 Å². The van der Waals surface area contributed by atoms with Gasteiger partial charge in [0.25, 0.3) is 0 Å². The van der Waals surface area contributed by atoms with Crippen LogP contribution in [0.5, 0.6) is 5.75 Å². The average Bonchev–Trinajstić information content (AvgIpc) is 3.27. The van der Waals surface area contributed by atoms with Gasteiger partial charge >= 0.3 is 0 Å². The monoisotopic (exact) mass is 279 g/mol. The number of hydrogen-bond acceptors (Lipinski definition) is 4. The molecule has 0 spiro atoms. The van der Waals surface area contributed by atoms with Gasteiger partial charge in [0, 0.05) is 26.8 Å². The Bertz CT molecular complexity index is 405. The maximum Gasteiger partial charge on any atom is 0.120 e. The number of nitrogens with one attached hydrogen (secondary N) is 1. The van der Waals surface area contributed by atoms with Crippen LogP contribution in [0.3, 0.4) is 0 Å². The molecule has 20 heavy (non-hydrogen) atoms. The molecule has 0 unspecified atom stereocenters. The van der Waals surface area contributed by atoms with E-state index in [-0.39, 0.29) is 0 Å². The fraction of sp³-hybridized carbons (Fsp3) is 0.625. The first-order valence-electron chi connectivity index (χ1n) is 7.28. The van der Waals surface area contributed by atoms with Gasteiger partial charge in [-0.25, -0.2) is 0 Å². The van der Waals surface area contributed by atoms with Crippen LogP contribution in [-0.4, -0.2) is 40.1 Å². The van der Waals surface area contributed by atoms with Crippen molar-refractivity contribution in [1.82, 2.24) is 5.32 Å². The average molecular weight is 279 g/mol. The lowest BCUT2D eigenvalue weighted by molar-refractivity contribution is 0.146. The quantitative estimate of drug-likeness (QED) is 0.666. The topological polar surface area (TPSA) is 39.7 Å². The first-order valence-corrected chi connectivity index (χ1v) is 7.28. The predicted molar refractivity (Wildman–Crippen MR) is 79.3 cm³/mol. The summed E-state index contributed by atoms with van der Waals surface area (Å²) in [5, 5.41) is 3.54. The zero-order valence-corrected chi connectivity index (χ0v) is 12.5. The number of methoxy groups -OCH3 is 2. The van der Waals surface area contributed by atoms with E-state index in [0.717, 1.165) is 31.4 Å². The van der Waals surface area contributed by atoms with Gasteiger partial charge in [-0.3, -0.25) is 0 Å². The number of benzene rings is 1. The Morgan fingerprint density at radius 2 is 1.75 bits per heavy atom. The highest BCUT2D eigenvalue weighted by Gasteiger charge is 2.20. The summed E-state index contributed by atoms with van der Waals surface area (Å²) in [6.07, 6.45) is 3.52. The van der Waals surface area contributed by atoms with Crippen molar-refractivity contribution in [3.63, 3.8) is 0 Å². The molecule has 0 amide bonds. The maximum atomic E-state index is 5.74. The molecule has 1 aliphatic rings. The van der Waals surface area contributed by atoms with Crippen LogP contribution in [0.25, 0.3) is 0 Å². The van der Waals surface area contributed by atoms with Gasteiger partial charge in [0.1, 0.15) is 12.4 Å². The second-order valence-corrected chi connectivity index (χ2v) is 5.22. The van der Waals surface area contributed by atoms with Gasteiger partial charge in [-0.2, -0.15) is 0 Å². The van der Waals surface area contributed by atoms with E-state index < -0.39 is 0 Å². The Morgan fingerprint density at radius 3 is 2.45 bits per heavy atom. The van der Waals surface area contributed by atoms with Crippen molar-refractivity contribution in [3.8, 4) is 5.75 Å². The van der Waals surface area contributed by atoms with Crippen molar-refractivity contribution in [2.45, 2.75) is 31.8 Å². The summed E-state index contributed by atoms with van der Waals surface area (Å²) in [5.74, 6) is 0.920. The first-order chi connectivity index (χ1) is 9.81. The van der Waals surface area contributed by atoms with Gasteiger partial charge in [-0.05, 0) is 42.5 Å². The molecule has 1 aliphatic carbocycles. The Kier molecular flexibility index (Phi) is 6.30. The van der Waals surface area contributed by atoms with E-state index in [1.165, 1.54) is 24.0 Å². The molecule has 0 heterocycles. The second kappa shape index (κ2) is 8.25. The van der Waals surface area contributed by atoms with Crippen molar-refractivity contribution in [1.29, 1.82) is 0 Å². The smallest absolute Gasteiger partial charge is 0.120 e. The van der Waals surface area contributed by atoms with Gasteiger partial charge < -0.3 is 19.5 Å². The van der Waals surface area contributed by atoms with Gasteiger partial charge in [-0.1, -0.05) is 6.07 Å². The molecule has 0 bridgehead atoms. The molecule has 4 nitrogen and oxygen atoms in total. The Labute approximate surface area is 121 Å². The van der Waals surface area contributed by atoms with Crippen molar-refractivity contribution in [3.05, 3.63) is 29.3 Å². The van der Waals surface area contributed by atoms with Crippen LogP contribution in [0.2, 0.25) is 0 Å². The highest BCUT2D eigenvalue weighted by Crippen LogP contribution is 2.22. The standard InChI is InChI=1S/C16H25NO3/c1-18-6-5-13-9-14(12-17-15-3-4-15)11-16(10-13)20-8-7-19-2/h9-11,15,17H,3-8,12H2,1-2H3. The van der Waals surface area contributed by atoms with Crippen molar-refractivity contribution < 1.29 is 14.2 Å². The minimum atomic E-state index is 0.583. The summed E-state index contributed by atoms with van der Waals surface area (Å²) in [6, 6.07) is 7.16. The van der Waals surface area contributed by atoms with Gasteiger partial charge in [0.05, 0.1) is 13.2 Å². The molecular weight excluding hydrogens is 254 g/mol. The Morgan fingerprint density at radius 1 is 1.00 bits per heavy atom. The highest BCUT2D eigenvalue weighted by atomic mass is 16.5. The summed E-state index contributed by atoms with van der Waals surface area (Å²) in [6.45, 7) is 2.83. The third-order valence-electron chi connectivity index (χ3n) is 3.35. The van der Waals surface area contributed by atoms with Gasteiger partial charge in [0.2, 0.25) is 0 Å². The largest absolute Gasteiger partial charge is 0.491 e. The molecule has 2 rings (SSSR count). The summed E-state index contributed by atoms with van der Waals surface area (Å²) in [4.78, 5) is 0. The van der Waals surface area contributed by atoms with E-state index in [4.69, 9.17) is 14.2 Å². The minimum absolute atomic E-state index is 0.583. The van der Waals surface area contributed by atoms with Crippen LogP contribution < -0.4 is 10.1 Å². The first kappa shape index (κ1) is 15.3.